The molecule has 0 saturated heterocycles. The number of fused-ring (bicyclic) bond motifs is 1. The number of benzene rings is 1. The maximum Gasteiger partial charge on any atom is 0.332 e. The first kappa shape index (κ1) is 19.9. The molecule has 4 saturated carbocycles. The number of carbonyl (C=O) groups excluding carboxylic acids is 1. The summed E-state index contributed by atoms with van der Waals surface area (Å²) in [7, 11) is 0. The lowest BCUT2D eigenvalue weighted by atomic mass is 9.55. The molecule has 1 aromatic heterocycles. The number of aliphatic imine (C=N–C) groups is 1. The highest BCUT2D eigenvalue weighted by Gasteiger charge is 2.47. The van der Waals surface area contributed by atoms with E-state index in [0.717, 1.165) is 28.3 Å². The molecule has 4 aliphatic carbocycles. The molecule has 6 rings (SSSR count). The summed E-state index contributed by atoms with van der Waals surface area (Å²) in [5.41, 5.74) is 0.261. The number of hydrogen-bond acceptors (Lipinski definition) is 4. The van der Waals surface area contributed by atoms with E-state index in [0.29, 0.717) is 11.8 Å². The lowest BCUT2D eigenvalue weighted by Crippen LogP contribution is -2.48. The van der Waals surface area contributed by atoms with Gasteiger partial charge in [-0.1, -0.05) is 18.2 Å². The monoisotopic (exact) mass is 396 g/mol. The average molecular weight is 396 g/mol. The quantitative estimate of drug-likeness (QED) is 0.542. The van der Waals surface area contributed by atoms with E-state index in [-0.39, 0.29) is 12.5 Å². The summed E-state index contributed by atoms with van der Waals surface area (Å²) < 4.78 is 0. The first-order valence-electron chi connectivity index (χ1n) is 10.4. The van der Waals surface area contributed by atoms with Crippen LogP contribution < -0.4 is 0 Å². The second kappa shape index (κ2) is 7.77. The molecular weight excluding hydrogens is 368 g/mol. The Kier molecular flexibility index (Phi) is 5.32. The molecule has 6 heteroatoms. The molecule has 1 aromatic carbocycles. The van der Waals surface area contributed by atoms with Crippen LogP contribution in [0, 0.1) is 23.7 Å². The predicted molar refractivity (Wildman–Crippen MR) is 109 cm³/mol. The molecule has 4 fully saturated rings. The van der Waals surface area contributed by atoms with Crippen molar-refractivity contribution in [2.24, 2.45) is 28.7 Å². The summed E-state index contributed by atoms with van der Waals surface area (Å²) in [6.45, 7) is 1.40. The third-order valence-electron chi connectivity index (χ3n) is 7.14. The minimum atomic E-state index is -1.48. The van der Waals surface area contributed by atoms with Crippen molar-refractivity contribution >= 4 is 23.0 Å². The number of nitrogens with one attached hydrogen (secondary N) is 1. The van der Waals surface area contributed by atoms with Crippen LogP contribution in [0.4, 0.5) is 0 Å². The molecule has 1 atom stereocenters. The van der Waals surface area contributed by atoms with E-state index >= 15 is 0 Å². The van der Waals surface area contributed by atoms with Crippen LogP contribution >= 0.6 is 0 Å². The van der Waals surface area contributed by atoms with Crippen molar-refractivity contribution in [2.75, 3.05) is 0 Å². The van der Waals surface area contributed by atoms with Gasteiger partial charge in [0.25, 0.3) is 0 Å². The van der Waals surface area contributed by atoms with E-state index < -0.39 is 11.5 Å². The normalized spacial score (nSPS) is 31.4. The number of H-pyrrole nitrogens is 1. The molecule has 4 aliphatic rings. The van der Waals surface area contributed by atoms with Crippen LogP contribution in [0.5, 0.6) is 0 Å². The second-order valence-corrected chi connectivity index (χ2v) is 9.24. The van der Waals surface area contributed by atoms with E-state index in [1.165, 1.54) is 45.1 Å². The van der Waals surface area contributed by atoms with Crippen molar-refractivity contribution in [3.8, 4) is 0 Å². The Labute approximate surface area is 170 Å². The topological polar surface area (TPSA) is 103 Å². The number of aromatic nitrogens is 1. The van der Waals surface area contributed by atoms with Crippen molar-refractivity contribution in [1.29, 1.82) is 0 Å². The number of rotatable bonds is 4. The first-order valence-corrected chi connectivity index (χ1v) is 10.4. The Morgan fingerprint density at radius 2 is 1.79 bits per heavy atom. The van der Waals surface area contributed by atoms with Gasteiger partial charge < -0.3 is 15.2 Å². The van der Waals surface area contributed by atoms with Gasteiger partial charge in [-0.2, -0.15) is 4.99 Å². The molecule has 29 heavy (non-hydrogen) atoms. The van der Waals surface area contributed by atoms with Crippen molar-refractivity contribution in [1.82, 2.24) is 4.98 Å². The predicted octanol–water partition coefficient (Wildman–Crippen LogP) is 3.69. The van der Waals surface area contributed by atoms with Crippen LogP contribution in [0.2, 0.25) is 0 Å². The number of para-hydroxylation sites is 1. The SMILES string of the molecule is CC(Cc1c[nH]c2ccccc12)(N=C=O)C(=O)O.OC1C2CC3CC(C2)CC1C3. The molecule has 3 N–H and O–H groups in total. The first-order chi connectivity index (χ1) is 13.9. The van der Waals surface area contributed by atoms with Crippen molar-refractivity contribution in [3.05, 3.63) is 36.0 Å². The molecular formula is C23H28N2O4. The minimum absolute atomic E-state index is 0.0859. The maximum absolute atomic E-state index is 11.2. The Morgan fingerprint density at radius 1 is 1.17 bits per heavy atom. The van der Waals surface area contributed by atoms with Gasteiger partial charge in [0.2, 0.25) is 6.08 Å². The summed E-state index contributed by atoms with van der Waals surface area (Å²) in [5.74, 6) is 2.26. The van der Waals surface area contributed by atoms with Gasteiger partial charge in [-0.15, -0.1) is 0 Å². The van der Waals surface area contributed by atoms with Crippen LogP contribution in [-0.2, 0) is 16.0 Å². The number of carbonyl (C=O) groups is 1. The van der Waals surface area contributed by atoms with Gasteiger partial charge in [0.15, 0.2) is 5.54 Å². The number of isocyanates is 1. The van der Waals surface area contributed by atoms with Gasteiger partial charge in [0.1, 0.15) is 0 Å². The molecule has 4 bridgehead atoms. The van der Waals surface area contributed by atoms with Crippen LogP contribution in [0.1, 0.15) is 44.6 Å². The van der Waals surface area contributed by atoms with Gasteiger partial charge in [-0.25, -0.2) is 9.59 Å². The number of aliphatic hydroxyl groups is 1. The lowest BCUT2D eigenvalue weighted by molar-refractivity contribution is -0.142. The summed E-state index contributed by atoms with van der Waals surface area (Å²) in [4.78, 5) is 28.0. The minimum Gasteiger partial charge on any atom is -0.479 e. The van der Waals surface area contributed by atoms with Crippen LogP contribution in [0.15, 0.2) is 35.5 Å². The fraction of sp³-hybridized carbons (Fsp3) is 0.565. The number of aliphatic hydroxyl groups excluding tert-OH is 1. The number of nitrogens with zero attached hydrogens (tertiary/aromatic N) is 1. The number of aliphatic carboxylic acids is 1. The number of hydrogen-bond donors (Lipinski definition) is 3. The third-order valence-corrected chi connectivity index (χ3v) is 7.14. The number of carboxylic acids is 1. The molecule has 6 nitrogen and oxygen atoms in total. The number of carboxylic acid groups (broad SMARTS) is 1. The highest BCUT2D eigenvalue weighted by Crippen LogP contribution is 2.53. The zero-order valence-corrected chi connectivity index (χ0v) is 16.7. The standard InChI is InChI=1S/C13H12N2O3.C10H16O/c1-13(12(17)18,15-8-16)6-9-7-14-11-5-3-2-4-10(9)11;11-10-8-2-6-1-7(4-8)5-9(10)3-6/h2-5,7,14H,6H2,1H3,(H,17,18);6-11H,1-5H2. The van der Waals surface area contributed by atoms with Crippen LogP contribution in [0.25, 0.3) is 10.9 Å². The third kappa shape index (κ3) is 3.87. The van der Waals surface area contributed by atoms with Gasteiger partial charge >= 0.3 is 5.97 Å². The molecule has 1 heterocycles. The molecule has 1 unspecified atom stereocenters. The highest BCUT2D eigenvalue weighted by atomic mass is 16.4. The number of aromatic amines is 1. The smallest absolute Gasteiger partial charge is 0.332 e. The van der Waals surface area contributed by atoms with Crippen molar-refractivity contribution < 1.29 is 19.8 Å². The van der Waals surface area contributed by atoms with Crippen LogP contribution in [-0.4, -0.2) is 38.9 Å². The molecule has 0 aliphatic heterocycles. The molecule has 0 amide bonds. The summed E-state index contributed by atoms with van der Waals surface area (Å²) in [6, 6.07) is 7.57. The van der Waals surface area contributed by atoms with Crippen LogP contribution in [0.3, 0.4) is 0 Å². The zero-order valence-electron chi connectivity index (χ0n) is 16.7. The second-order valence-electron chi connectivity index (χ2n) is 9.24. The van der Waals surface area contributed by atoms with E-state index in [2.05, 4.69) is 9.98 Å². The van der Waals surface area contributed by atoms with Gasteiger partial charge in [0, 0.05) is 23.5 Å². The van der Waals surface area contributed by atoms with Crippen molar-refractivity contribution in [2.45, 2.75) is 57.1 Å². The van der Waals surface area contributed by atoms with E-state index in [4.69, 9.17) is 5.11 Å². The fourth-order valence-electron chi connectivity index (χ4n) is 5.81. The molecule has 2 aromatic rings. The lowest BCUT2D eigenvalue weighted by Gasteiger charge is -2.52. The maximum atomic E-state index is 11.2. The van der Waals surface area contributed by atoms with E-state index in [1.54, 1.807) is 6.20 Å². The summed E-state index contributed by atoms with van der Waals surface area (Å²) in [5, 5.41) is 19.9. The highest BCUT2D eigenvalue weighted by molar-refractivity contribution is 5.85. The van der Waals surface area contributed by atoms with E-state index in [9.17, 15) is 14.7 Å². The van der Waals surface area contributed by atoms with Crippen molar-refractivity contribution in [3.63, 3.8) is 0 Å². The summed E-state index contributed by atoms with van der Waals surface area (Å²) >= 11 is 0. The Balaban J connectivity index is 0.000000157. The van der Waals surface area contributed by atoms with E-state index in [1.807, 2.05) is 24.3 Å². The molecule has 0 spiro atoms. The molecule has 0 radical (unpaired) electrons. The van der Waals surface area contributed by atoms with Gasteiger partial charge in [0.05, 0.1) is 6.10 Å². The average Bonchev–Trinajstić information content (AvgIpc) is 3.09. The Morgan fingerprint density at radius 3 is 2.38 bits per heavy atom. The van der Waals surface area contributed by atoms with Gasteiger partial charge in [-0.05, 0) is 74.3 Å². The molecule has 154 valence electrons. The Hall–Kier alpha value is -2.43. The van der Waals surface area contributed by atoms with Gasteiger partial charge in [-0.3, -0.25) is 0 Å². The fourth-order valence-corrected chi connectivity index (χ4v) is 5.81. The summed E-state index contributed by atoms with van der Waals surface area (Å²) in [6.07, 6.45) is 10.2. The largest absolute Gasteiger partial charge is 0.479 e. The zero-order chi connectivity index (χ0) is 20.6. The Bertz CT molecular complexity index is 913.